The number of carbonyl (C=O) groups excluding carboxylic acids is 1. The van der Waals surface area contributed by atoms with Crippen molar-refractivity contribution in [2.75, 3.05) is 33.2 Å². The molecule has 1 aromatic carbocycles. The molecule has 1 aliphatic rings. The fourth-order valence-electron chi connectivity index (χ4n) is 4.22. The highest BCUT2D eigenvalue weighted by Gasteiger charge is 2.28. The first-order chi connectivity index (χ1) is 17.3. The molecular weight excluding hydrogens is 480 g/mol. The van der Waals surface area contributed by atoms with Crippen LogP contribution in [-0.2, 0) is 16.6 Å². The van der Waals surface area contributed by atoms with Gasteiger partial charge in [-0.1, -0.05) is 6.07 Å². The number of carbonyl (C=O) groups is 1. The van der Waals surface area contributed by atoms with Crippen molar-refractivity contribution >= 4 is 26.8 Å². The Hall–Kier alpha value is -3.80. The first-order valence-corrected chi connectivity index (χ1v) is 12.9. The highest BCUT2D eigenvalue weighted by atomic mass is 32.2. The number of hydrogen-bond donors (Lipinski definition) is 3. The smallest absolute Gasteiger partial charge is 0.251 e. The van der Waals surface area contributed by atoms with Crippen LogP contribution in [0.2, 0.25) is 0 Å². The minimum absolute atomic E-state index is 0.102. The number of aromatic amines is 1. The van der Waals surface area contributed by atoms with Crippen molar-refractivity contribution in [1.29, 1.82) is 0 Å². The number of amides is 1. The molecule has 1 fully saturated rings. The second-order valence-corrected chi connectivity index (χ2v) is 10.7. The van der Waals surface area contributed by atoms with E-state index in [0.29, 0.717) is 60.4 Å². The van der Waals surface area contributed by atoms with E-state index in [4.69, 9.17) is 0 Å². The summed E-state index contributed by atoms with van der Waals surface area (Å²) >= 11 is 0. The van der Waals surface area contributed by atoms with Gasteiger partial charge in [-0.25, -0.2) is 8.42 Å². The zero-order valence-electron chi connectivity index (χ0n) is 19.7. The number of rotatable bonds is 6. The molecular formula is C25H26N6O4S. The predicted octanol–water partition coefficient (Wildman–Crippen LogP) is 2.20. The normalized spacial score (nSPS) is 15.2. The van der Waals surface area contributed by atoms with Crippen LogP contribution in [0, 0.1) is 0 Å². The van der Waals surface area contributed by atoms with Crippen LogP contribution in [0.25, 0.3) is 22.2 Å². The van der Waals surface area contributed by atoms with Gasteiger partial charge in [0, 0.05) is 67.8 Å². The lowest BCUT2D eigenvalue weighted by Gasteiger charge is -2.31. The van der Waals surface area contributed by atoms with Crippen molar-refractivity contribution in [3.63, 3.8) is 0 Å². The van der Waals surface area contributed by atoms with Gasteiger partial charge >= 0.3 is 0 Å². The molecule has 3 aromatic heterocycles. The van der Waals surface area contributed by atoms with E-state index in [9.17, 15) is 18.3 Å². The first-order valence-electron chi connectivity index (χ1n) is 11.5. The van der Waals surface area contributed by atoms with E-state index in [0.717, 1.165) is 5.56 Å². The third-order valence-corrected chi connectivity index (χ3v) is 8.19. The number of sulfonamides is 1. The lowest BCUT2D eigenvalue weighted by molar-refractivity contribution is 0.0951. The molecule has 4 heterocycles. The summed E-state index contributed by atoms with van der Waals surface area (Å²) in [6.07, 6.45) is 4.66. The summed E-state index contributed by atoms with van der Waals surface area (Å²) in [4.78, 5) is 26.2. The molecule has 10 nitrogen and oxygen atoms in total. The van der Waals surface area contributed by atoms with Crippen molar-refractivity contribution in [3.8, 4) is 17.1 Å². The Morgan fingerprint density at radius 2 is 1.92 bits per heavy atom. The third kappa shape index (κ3) is 4.68. The van der Waals surface area contributed by atoms with Crippen LogP contribution in [0.5, 0.6) is 5.88 Å². The maximum absolute atomic E-state index is 13.0. The van der Waals surface area contributed by atoms with Gasteiger partial charge in [0.05, 0.1) is 11.3 Å². The summed E-state index contributed by atoms with van der Waals surface area (Å²) < 4.78 is 27.5. The number of benzene rings is 1. The van der Waals surface area contributed by atoms with E-state index in [1.54, 1.807) is 42.7 Å². The predicted molar refractivity (Wildman–Crippen MR) is 135 cm³/mol. The number of aromatic nitrogens is 3. The standard InChI is InChI=1S/C25H26N6O4S/c1-30-9-11-31(12-10-30)36(34,35)19-5-7-22(27-16-19)23-20-13-18(4-6-21(20)29-25(23)33)24(32)28-15-17-3-2-8-26-14-17/h2-8,13-14,16,29,33H,9-12,15H2,1H3,(H,28,32). The largest absolute Gasteiger partial charge is 0.494 e. The molecule has 1 saturated heterocycles. The molecule has 4 aromatic rings. The average Bonchev–Trinajstić information content (AvgIpc) is 3.23. The molecule has 5 rings (SSSR count). The van der Waals surface area contributed by atoms with Crippen LogP contribution in [0.15, 0.2) is 66.0 Å². The molecule has 1 amide bonds. The molecule has 11 heteroatoms. The monoisotopic (exact) mass is 506 g/mol. The van der Waals surface area contributed by atoms with Crippen molar-refractivity contribution in [1.82, 2.24) is 29.5 Å². The van der Waals surface area contributed by atoms with E-state index in [2.05, 4.69) is 25.2 Å². The topological polar surface area (TPSA) is 132 Å². The zero-order valence-corrected chi connectivity index (χ0v) is 20.5. The Kier molecular flexibility index (Phi) is 6.44. The highest BCUT2D eigenvalue weighted by molar-refractivity contribution is 7.89. The molecule has 3 N–H and O–H groups in total. The second kappa shape index (κ2) is 9.69. The van der Waals surface area contributed by atoms with Crippen molar-refractivity contribution in [3.05, 3.63) is 72.2 Å². The van der Waals surface area contributed by atoms with Crippen molar-refractivity contribution in [2.45, 2.75) is 11.4 Å². The number of fused-ring (bicyclic) bond motifs is 1. The Morgan fingerprint density at radius 3 is 2.61 bits per heavy atom. The lowest BCUT2D eigenvalue weighted by Crippen LogP contribution is -2.47. The van der Waals surface area contributed by atoms with E-state index < -0.39 is 10.0 Å². The van der Waals surface area contributed by atoms with Gasteiger partial charge in [-0.15, -0.1) is 0 Å². The Bertz CT molecular complexity index is 1500. The maximum atomic E-state index is 13.0. The number of aromatic hydroxyl groups is 1. The van der Waals surface area contributed by atoms with Gasteiger partial charge in [-0.05, 0) is 49.0 Å². The van der Waals surface area contributed by atoms with E-state index in [-0.39, 0.29) is 16.7 Å². The van der Waals surface area contributed by atoms with E-state index >= 15 is 0 Å². The summed E-state index contributed by atoms with van der Waals surface area (Å²) in [5, 5.41) is 14.1. The maximum Gasteiger partial charge on any atom is 0.251 e. The zero-order chi connectivity index (χ0) is 25.3. The SMILES string of the molecule is CN1CCN(S(=O)(=O)c2ccc(-c3c(O)[nH]c4ccc(C(=O)NCc5cccnc5)cc34)nc2)CC1. The van der Waals surface area contributed by atoms with Crippen LogP contribution in [0.1, 0.15) is 15.9 Å². The fourth-order valence-corrected chi connectivity index (χ4v) is 5.59. The summed E-state index contributed by atoms with van der Waals surface area (Å²) in [6.45, 7) is 2.53. The average molecular weight is 507 g/mol. The fraction of sp³-hybridized carbons (Fsp3) is 0.240. The van der Waals surface area contributed by atoms with Gasteiger partial charge in [-0.2, -0.15) is 4.31 Å². The molecule has 1 aliphatic heterocycles. The minimum atomic E-state index is -3.65. The molecule has 0 spiro atoms. The van der Waals surface area contributed by atoms with E-state index in [1.165, 1.54) is 16.6 Å². The van der Waals surface area contributed by atoms with Crippen LogP contribution in [-0.4, -0.2) is 76.8 Å². The quantitative estimate of drug-likeness (QED) is 0.365. The van der Waals surface area contributed by atoms with Crippen LogP contribution >= 0.6 is 0 Å². The lowest BCUT2D eigenvalue weighted by atomic mass is 10.1. The summed E-state index contributed by atoms with van der Waals surface area (Å²) in [7, 11) is -1.69. The third-order valence-electron chi connectivity index (χ3n) is 6.31. The number of nitrogens with one attached hydrogen (secondary N) is 2. The number of pyridine rings is 2. The summed E-state index contributed by atoms with van der Waals surface area (Å²) in [6, 6.07) is 11.8. The minimum Gasteiger partial charge on any atom is -0.494 e. The van der Waals surface area contributed by atoms with Crippen molar-refractivity contribution < 1.29 is 18.3 Å². The van der Waals surface area contributed by atoms with Crippen LogP contribution in [0.3, 0.4) is 0 Å². The van der Waals surface area contributed by atoms with Crippen LogP contribution in [0.4, 0.5) is 0 Å². The number of hydrogen-bond acceptors (Lipinski definition) is 7. The van der Waals surface area contributed by atoms with E-state index in [1.807, 2.05) is 13.1 Å². The Morgan fingerprint density at radius 1 is 1.11 bits per heavy atom. The molecule has 0 aliphatic carbocycles. The number of piperazine rings is 1. The molecule has 36 heavy (non-hydrogen) atoms. The molecule has 0 radical (unpaired) electrons. The van der Waals surface area contributed by atoms with Gasteiger partial charge in [0.25, 0.3) is 5.91 Å². The van der Waals surface area contributed by atoms with Gasteiger partial charge in [0.2, 0.25) is 10.0 Å². The summed E-state index contributed by atoms with van der Waals surface area (Å²) in [5.74, 6) is -0.380. The second-order valence-electron chi connectivity index (χ2n) is 8.74. The molecule has 0 bridgehead atoms. The molecule has 0 unspecified atom stereocenters. The van der Waals surface area contributed by atoms with Crippen molar-refractivity contribution in [2.24, 2.45) is 0 Å². The first kappa shape index (κ1) is 23.9. The molecule has 0 saturated carbocycles. The van der Waals surface area contributed by atoms with Crippen LogP contribution < -0.4 is 5.32 Å². The Balaban J connectivity index is 1.40. The van der Waals surface area contributed by atoms with Gasteiger partial charge in [-0.3, -0.25) is 14.8 Å². The highest BCUT2D eigenvalue weighted by Crippen LogP contribution is 2.36. The summed E-state index contributed by atoms with van der Waals surface area (Å²) in [5.41, 5.74) is 2.71. The van der Waals surface area contributed by atoms with Gasteiger partial charge in [0.15, 0.2) is 5.88 Å². The Labute approximate surface area is 208 Å². The number of nitrogens with zero attached hydrogens (tertiary/aromatic N) is 4. The van der Waals surface area contributed by atoms with Gasteiger partial charge in [0.1, 0.15) is 4.90 Å². The van der Waals surface area contributed by atoms with Gasteiger partial charge < -0.3 is 20.3 Å². The molecule has 0 atom stereocenters. The number of H-pyrrole nitrogens is 1. The molecule has 186 valence electrons. The number of likely N-dealkylation sites (N-methyl/N-ethyl adjacent to an activating group) is 1.